The fraction of sp³-hybridized carbons (Fsp3) is 0.667. The number of pyridine rings is 1. The van der Waals surface area contributed by atoms with E-state index >= 15 is 0 Å². The number of nitrogens with zero attached hydrogens (tertiary/aromatic N) is 5. The van der Waals surface area contributed by atoms with E-state index in [0.29, 0.717) is 19.0 Å². The van der Waals surface area contributed by atoms with Crippen molar-refractivity contribution in [3.05, 3.63) is 29.6 Å². The number of rotatable bonds is 5. The summed E-state index contributed by atoms with van der Waals surface area (Å²) in [6.45, 7) is 11.6. The maximum absolute atomic E-state index is 12.5. The summed E-state index contributed by atoms with van der Waals surface area (Å²) in [5.41, 5.74) is 2.19. The molecule has 28 heavy (non-hydrogen) atoms. The van der Waals surface area contributed by atoms with Crippen molar-refractivity contribution >= 4 is 11.9 Å². The molecular formula is C21H34N6O. The molecule has 0 radical (unpaired) electrons. The van der Waals surface area contributed by atoms with Crippen molar-refractivity contribution in [3.8, 4) is 0 Å². The van der Waals surface area contributed by atoms with Crippen molar-refractivity contribution in [2.24, 2.45) is 4.99 Å². The largest absolute Gasteiger partial charge is 0.357 e. The van der Waals surface area contributed by atoms with E-state index in [-0.39, 0.29) is 0 Å². The van der Waals surface area contributed by atoms with Gasteiger partial charge in [0.2, 0.25) is 5.91 Å². The molecule has 7 heteroatoms. The number of hydrogen-bond acceptors (Lipinski definition) is 4. The Bertz CT molecular complexity index is 663. The van der Waals surface area contributed by atoms with Crippen LogP contribution in [0.3, 0.4) is 0 Å². The molecule has 0 unspecified atom stereocenters. The molecule has 7 nitrogen and oxygen atoms in total. The molecule has 1 aromatic rings. The molecule has 0 aliphatic carbocycles. The molecule has 0 atom stereocenters. The molecule has 0 saturated carbocycles. The maximum Gasteiger partial charge on any atom is 0.236 e. The van der Waals surface area contributed by atoms with Crippen molar-refractivity contribution in [2.45, 2.75) is 39.7 Å². The van der Waals surface area contributed by atoms with E-state index in [9.17, 15) is 4.79 Å². The Morgan fingerprint density at radius 1 is 1.11 bits per heavy atom. The molecule has 3 heterocycles. The van der Waals surface area contributed by atoms with Crippen LogP contribution < -0.4 is 5.32 Å². The number of hydrogen-bond donors (Lipinski definition) is 1. The number of amides is 1. The lowest BCUT2D eigenvalue weighted by Crippen LogP contribution is -2.54. The van der Waals surface area contributed by atoms with Gasteiger partial charge in [-0.15, -0.1) is 0 Å². The highest BCUT2D eigenvalue weighted by molar-refractivity contribution is 5.80. The standard InChI is InChI=1S/C21H34N6O/c1-3-22-21(24-16-19-18(2)8-7-9-23-19)27-14-12-25(13-15-27)17-20(28)26-10-5-4-6-11-26/h7-9H,3-6,10-17H2,1-2H3,(H,22,24). The fourth-order valence-corrected chi connectivity index (χ4v) is 3.81. The van der Waals surface area contributed by atoms with Gasteiger partial charge in [0.15, 0.2) is 5.96 Å². The van der Waals surface area contributed by atoms with E-state index < -0.39 is 0 Å². The number of piperazine rings is 1. The van der Waals surface area contributed by atoms with Crippen molar-refractivity contribution in [3.63, 3.8) is 0 Å². The first-order chi connectivity index (χ1) is 13.7. The number of aryl methyl sites for hydroxylation is 1. The van der Waals surface area contributed by atoms with Crippen molar-refractivity contribution in [2.75, 3.05) is 52.4 Å². The van der Waals surface area contributed by atoms with Gasteiger partial charge in [0.25, 0.3) is 0 Å². The zero-order chi connectivity index (χ0) is 19.8. The molecular weight excluding hydrogens is 352 g/mol. The quantitative estimate of drug-likeness (QED) is 0.614. The first-order valence-corrected chi connectivity index (χ1v) is 10.6. The topological polar surface area (TPSA) is 64.1 Å². The third kappa shape index (κ3) is 5.67. The molecule has 0 aromatic carbocycles. The van der Waals surface area contributed by atoms with Crippen molar-refractivity contribution in [1.29, 1.82) is 0 Å². The van der Waals surface area contributed by atoms with Gasteiger partial charge in [-0.05, 0) is 44.7 Å². The molecule has 2 aliphatic rings. The lowest BCUT2D eigenvalue weighted by Gasteiger charge is -2.37. The Morgan fingerprint density at radius 2 is 1.86 bits per heavy atom. The summed E-state index contributed by atoms with van der Waals surface area (Å²) in [5, 5.41) is 3.40. The van der Waals surface area contributed by atoms with E-state index in [2.05, 4.69) is 40.0 Å². The molecule has 1 amide bonds. The summed E-state index contributed by atoms with van der Waals surface area (Å²) >= 11 is 0. The Hall–Kier alpha value is -2.15. The van der Waals surface area contributed by atoms with Crippen LogP contribution in [0.15, 0.2) is 23.3 Å². The zero-order valence-corrected chi connectivity index (χ0v) is 17.4. The van der Waals surface area contributed by atoms with Gasteiger partial charge in [-0.25, -0.2) is 4.99 Å². The monoisotopic (exact) mass is 386 g/mol. The number of piperidine rings is 1. The van der Waals surface area contributed by atoms with Crippen LogP contribution >= 0.6 is 0 Å². The van der Waals surface area contributed by atoms with Crippen LogP contribution in [0, 0.1) is 6.92 Å². The minimum absolute atomic E-state index is 0.291. The van der Waals surface area contributed by atoms with Crippen LogP contribution in [0.2, 0.25) is 0 Å². The predicted molar refractivity (Wildman–Crippen MR) is 112 cm³/mol. The van der Waals surface area contributed by atoms with E-state index in [4.69, 9.17) is 4.99 Å². The Kier molecular flexibility index (Phi) is 7.65. The zero-order valence-electron chi connectivity index (χ0n) is 17.4. The first-order valence-electron chi connectivity index (χ1n) is 10.6. The summed E-state index contributed by atoms with van der Waals surface area (Å²) in [4.78, 5) is 28.4. The van der Waals surface area contributed by atoms with E-state index in [1.165, 1.54) is 12.0 Å². The summed E-state index contributed by atoms with van der Waals surface area (Å²) in [6.07, 6.45) is 5.38. The SMILES string of the molecule is CCNC(=NCc1ncccc1C)N1CCN(CC(=O)N2CCCCC2)CC1. The number of aliphatic imine (C=N–C) groups is 1. The number of carbonyl (C=O) groups excluding carboxylic acids is 1. The van der Waals surface area contributed by atoms with Gasteiger partial charge in [0, 0.05) is 52.0 Å². The van der Waals surface area contributed by atoms with Crippen LogP contribution in [0.25, 0.3) is 0 Å². The number of guanidine groups is 1. The smallest absolute Gasteiger partial charge is 0.236 e. The molecule has 3 rings (SSSR count). The van der Waals surface area contributed by atoms with Gasteiger partial charge in [-0.3, -0.25) is 14.7 Å². The average molecular weight is 387 g/mol. The maximum atomic E-state index is 12.5. The molecule has 2 aliphatic heterocycles. The van der Waals surface area contributed by atoms with Gasteiger partial charge in [-0.2, -0.15) is 0 Å². The molecule has 2 fully saturated rings. The molecule has 1 N–H and O–H groups in total. The number of aromatic nitrogens is 1. The summed E-state index contributed by atoms with van der Waals surface area (Å²) in [5.74, 6) is 1.23. The summed E-state index contributed by atoms with van der Waals surface area (Å²) in [6, 6.07) is 4.03. The van der Waals surface area contributed by atoms with E-state index in [1.54, 1.807) is 0 Å². The predicted octanol–water partition coefficient (Wildman–Crippen LogP) is 1.49. The highest BCUT2D eigenvalue weighted by atomic mass is 16.2. The highest BCUT2D eigenvalue weighted by Crippen LogP contribution is 2.11. The number of carbonyl (C=O) groups is 1. The van der Waals surface area contributed by atoms with Crippen LogP contribution in [-0.2, 0) is 11.3 Å². The Morgan fingerprint density at radius 3 is 2.54 bits per heavy atom. The van der Waals surface area contributed by atoms with Crippen LogP contribution in [0.4, 0.5) is 0 Å². The van der Waals surface area contributed by atoms with Gasteiger partial charge in [0.05, 0.1) is 18.8 Å². The van der Waals surface area contributed by atoms with Gasteiger partial charge in [-0.1, -0.05) is 6.07 Å². The minimum atomic E-state index is 0.291. The first kappa shape index (κ1) is 20.6. The molecule has 154 valence electrons. The van der Waals surface area contributed by atoms with Crippen LogP contribution in [0.1, 0.15) is 37.4 Å². The van der Waals surface area contributed by atoms with Gasteiger partial charge >= 0.3 is 0 Å². The molecule has 0 spiro atoms. The van der Waals surface area contributed by atoms with E-state index in [0.717, 1.165) is 70.3 Å². The Labute approximate surface area is 168 Å². The lowest BCUT2D eigenvalue weighted by atomic mass is 10.1. The third-order valence-corrected chi connectivity index (χ3v) is 5.57. The van der Waals surface area contributed by atoms with Gasteiger partial charge in [0.1, 0.15) is 0 Å². The summed E-state index contributed by atoms with van der Waals surface area (Å²) in [7, 11) is 0. The van der Waals surface area contributed by atoms with Gasteiger partial charge < -0.3 is 15.1 Å². The Balaban J connectivity index is 1.51. The number of likely N-dealkylation sites (tertiary alicyclic amines) is 1. The second-order valence-corrected chi connectivity index (χ2v) is 7.64. The summed E-state index contributed by atoms with van der Waals surface area (Å²) < 4.78 is 0. The second kappa shape index (κ2) is 10.4. The average Bonchev–Trinajstić information content (AvgIpc) is 2.73. The van der Waals surface area contributed by atoms with Crippen molar-refractivity contribution < 1.29 is 4.79 Å². The van der Waals surface area contributed by atoms with Crippen molar-refractivity contribution in [1.82, 2.24) is 25.0 Å². The van der Waals surface area contributed by atoms with E-state index in [1.807, 2.05) is 17.2 Å². The normalized spacial score (nSPS) is 19.0. The third-order valence-electron chi connectivity index (χ3n) is 5.57. The lowest BCUT2D eigenvalue weighted by molar-refractivity contribution is -0.133. The molecule has 0 bridgehead atoms. The van der Waals surface area contributed by atoms with Crippen LogP contribution in [0.5, 0.6) is 0 Å². The fourth-order valence-electron chi connectivity index (χ4n) is 3.81. The molecule has 2 saturated heterocycles. The molecule has 1 aromatic heterocycles. The minimum Gasteiger partial charge on any atom is -0.357 e. The second-order valence-electron chi connectivity index (χ2n) is 7.64. The van der Waals surface area contributed by atoms with Crippen LogP contribution in [-0.4, -0.2) is 83.9 Å². The highest BCUT2D eigenvalue weighted by Gasteiger charge is 2.24. The number of nitrogens with one attached hydrogen (secondary N) is 1.